The topological polar surface area (TPSA) is 81.2 Å². The van der Waals surface area contributed by atoms with Crippen molar-refractivity contribution in [2.24, 2.45) is 0 Å². The van der Waals surface area contributed by atoms with Gasteiger partial charge in [-0.1, -0.05) is 6.07 Å². The van der Waals surface area contributed by atoms with Gasteiger partial charge in [0.1, 0.15) is 17.4 Å². The molecule has 3 heterocycles. The Hall–Kier alpha value is -2.15. The van der Waals surface area contributed by atoms with E-state index in [-0.39, 0.29) is 11.6 Å². The maximum atomic E-state index is 12.5. The lowest BCUT2D eigenvalue weighted by Gasteiger charge is -2.21. The second kappa shape index (κ2) is 5.92. The highest BCUT2D eigenvalue weighted by atomic mass is 32.1. The molecule has 2 N–H and O–H groups in total. The molecule has 2 aromatic rings. The van der Waals surface area contributed by atoms with Crippen molar-refractivity contribution in [3.05, 3.63) is 33.9 Å². The highest BCUT2D eigenvalue weighted by Gasteiger charge is 2.26. The van der Waals surface area contributed by atoms with Crippen LogP contribution < -0.4 is 11.3 Å². The molecule has 1 aliphatic rings. The van der Waals surface area contributed by atoms with E-state index in [1.807, 2.05) is 17.5 Å². The number of likely N-dealkylation sites (tertiary alicyclic amines) is 1. The van der Waals surface area contributed by atoms with Gasteiger partial charge in [0.15, 0.2) is 0 Å². The Morgan fingerprint density at radius 2 is 2.14 bits per heavy atom. The second-order valence-corrected chi connectivity index (χ2v) is 6.37. The average Bonchev–Trinajstić information content (AvgIpc) is 3.21. The summed E-state index contributed by atoms with van der Waals surface area (Å²) >= 11 is 1.52. The first kappa shape index (κ1) is 14.8. The van der Waals surface area contributed by atoms with Gasteiger partial charge in [0.25, 0.3) is 5.56 Å². The predicted octanol–water partition coefficient (Wildman–Crippen LogP) is 1.74. The zero-order valence-electron chi connectivity index (χ0n) is 12.4. The van der Waals surface area contributed by atoms with Gasteiger partial charge in [0, 0.05) is 13.1 Å². The van der Waals surface area contributed by atoms with Gasteiger partial charge in [-0.2, -0.15) is 5.10 Å². The maximum absolute atomic E-state index is 12.5. The minimum absolute atomic E-state index is 0.0742. The zero-order chi connectivity index (χ0) is 15.7. The fraction of sp³-hybridized carbons (Fsp3) is 0.400. The lowest BCUT2D eigenvalue weighted by atomic mass is 10.2. The minimum Gasteiger partial charge on any atom is -0.394 e. The van der Waals surface area contributed by atoms with E-state index in [0.717, 1.165) is 30.8 Å². The van der Waals surface area contributed by atoms with Crippen LogP contribution >= 0.6 is 11.3 Å². The summed E-state index contributed by atoms with van der Waals surface area (Å²) in [6.07, 6.45) is 2.02. The van der Waals surface area contributed by atoms with Crippen molar-refractivity contribution in [3.63, 3.8) is 0 Å². The van der Waals surface area contributed by atoms with Crippen molar-refractivity contribution in [2.75, 3.05) is 18.8 Å². The second-order valence-electron chi connectivity index (χ2n) is 5.42. The van der Waals surface area contributed by atoms with Crippen LogP contribution in [-0.4, -0.2) is 33.7 Å². The summed E-state index contributed by atoms with van der Waals surface area (Å²) in [6, 6.07) is 4.74. The monoisotopic (exact) mass is 318 g/mol. The Morgan fingerprint density at radius 1 is 1.41 bits per heavy atom. The largest absolute Gasteiger partial charge is 0.394 e. The van der Waals surface area contributed by atoms with Gasteiger partial charge in [0.2, 0.25) is 5.91 Å². The van der Waals surface area contributed by atoms with E-state index in [4.69, 9.17) is 5.73 Å². The van der Waals surface area contributed by atoms with Gasteiger partial charge < -0.3 is 10.6 Å². The van der Waals surface area contributed by atoms with Crippen LogP contribution in [0.25, 0.3) is 10.6 Å². The number of hydrogen-bond acceptors (Lipinski definition) is 5. The number of anilines is 1. The molecule has 0 spiro atoms. The van der Waals surface area contributed by atoms with Gasteiger partial charge in [0.05, 0.1) is 4.88 Å². The number of amides is 1. The Kier molecular flexibility index (Phi) is 3.98. The number of aromatic nitrogens is 2. The number of carbonyl (C=O) groups is 1. The van der Waals surface area contributed by atoms with Crippen molar-refractivity contribution < 1.29 is 4.79 Å². The standard InChI is InChI=1S/C15H18N4O2S/c1-10(14(20)18-6-2-3-7-18)19-15(21)11(16)9-12(17-19)13-5-4-8-22-13/h4-5,8-10H,2-3,6-7,16H2,1H3/t10-/m0/s1. The van der Waals surface area contributed by atoms with Crippen LogP contribution in [0.5, 0.6) is 0 Å². The van der Waals surface area contributed by atoms with Crippen molar-refractivity contribution in [1.82, 2.24) is 14.7 Å². The molecule has 6 nitrogen and oxygen atoms in total. The van der Waals surface area contributed by atoms with Gasteiger partial charge in [-0.15, -0.1) is 11.3 Å². The molecule has 1 aliphatic heterocycles. The Balaban J connectivity index is 1.98. The van der Waals surface area contributed by atoms with Crippen LogP contribution in [-0.2, 0) is 4.79 Å². The van der Waals surface area contributed by atoms with E-state index in [9.17, 15) is 9.59 Å². The molecule has 0 aliphatic carbocycles. The van der Waals surface area contributed by atoms with Gasteiger partial charge in [-0.05, 0) is 37.3 Å². The molecule has 2 aromatic heterocycles. The van der Waals surface area contributed by atoms with Crippen molar-refractivity contribution >= 4 is 22.9 Å². The van der Waals surface area contributed by atoms with Crippen LogP contribution in [0.15, 0.2) is 28.4 Å². The molecule has 0 saturated carbocycles. The molecule has 0 aromatic carbocycles. The number of hydrogen-bond donors (Lipinski definition) is 1. The number of nitrogens with two attached hydrogens (primary N) is 1. The summed E-state index contributed by atoms with van der Waals surface area (Å²) in [6.45, 7) is 3.20. The summed E-state index contributed by atoms with van der Waals surface area (Å²) in [4.78, 5) is 27.5. The quantitative estimate of drug-likeness (QED) is 0.934. The summed E-state index contributed by atoms with van der Waals surface area (Å²) in [5.74, 6) is -0.0742. The molecule has 1 amide bonds. The van der Waals surface area contributed by atoms with Crippen LogP contribution in [0.4, 0.5) is 5.69 Å². The van der Waals surface area contributed by atoms with E-state index in [1.54, 1.807) is 17.9 Å². The van der Waals surface area contributed by atoms with E-state index >= 15 is 0 Å². The van der Waals surface area contributed by atoms with Crippen LogP contribution in [0.2, 0.25) is 0 Å². The lowest BCUT2D eigenvalue weighted by Crippen LogP contribution is -2.39. The molecular weight excluding hydrogens is 300 g/mol. The molecule has 1 saturated heterocycles. The molecule has 0 radical (unpaired) electrons. The summed E-state index contributed by atoms with van der Waals surface area (Å²) in [5, 5.41) is 6.29. The van der Waals surface area contributed by atoms with Crippen molar-refractivity contribution in [3.8, 4) is 10.6 Å². The number of nitrogen functional groups attached to an aromatic ring is 1. The smallest absolute Gasteiger partial charge is 0.290 e. The Labute approximate surface area is 132 Å². The third-order valence-corrected chi connectivity index (χ3v) is 4.77. The first-order valence-electron chi connectivity index (χ1n) is 7.30. The molecule has 22 heavy (non-hydrogen) atoms. The lowest BCUT2D eigenvalue weighted by molar-refractivity contribution is -0.133. The molecule has 116 valence electrons. The first-order chi connectivity index (χ1) is 10.6. The van der Waals surface area contributed by atoms with Crippen molar-refractivity contribution in [1.29, 1.82) is 0 Å². The van der Waals surface area contributed by atoms with Gasteiger partial charge >= 0.3 is 0 Å². The van der Waals surface area contributed by atoms with Crippen molar-refractivity contribution in [2.45, 2.75) is 25.8 Å². The molecular formula is C15H18N4O2S. The number of nitrogens with zero attached hydrogens (tertiary/aromatic N) is 3. The molecule has 0 unspecified atom stereocenters. The van der Waals surface area contributed by atoms with Crippen LogP contribution in [0.1, 0.15) is 25.8 Å². The number of carbonyl (C=O) groups excluding carboxylic acids is 1. The first-order valence-corrected chi connectivity index (χ1v) is 8.18. The predicted molar refractivity (Wildman–Crippen MR) is 86.7 cm³/mol. The van der Waals surface area contributed by atoms with E-state index in [1.165, 1.54) is 16.0 Å². The third-order valence-electron chi connectivity index (χ3n) is 3.88. The minimum atomic E-state index is -0.646. The molecule has 1 fully saturated rings. The Morgan fingerprint density at radius 3 is 2.77 bits per heavy atom. The summed E-state index contributed by atoms with van der Waals surface area (Å²) in [5.41, 5.74) is 6.14. The molecule has 0 bridgehead atoms. The highest BCUT2D eigenvalue weighted by molar-refractivity contribution is 7.13. The van der Waals surface area contributed by atoms with E-state index in [0.29, 0.717) is 5.69 Å². The van der Waals surface area contributed by atoms with Gasteiger partial charge in [-0.3, -0.25) is 9.59 Å². The zero-order valence-corrected chi connectivity index (χ0v) is 13.2. The van der Waals surface area contributed by atoms with E-state index in [2.05, 4.69) is 5.10 Å². The molecule has 7 heteroatoms. The van der Waals surface area contributed by atoms with Gasteiger partial charge in [-0.25, -0.2) is 4.68 Å². The maximum Gasteiger partial charge on any atom is 0.290 e. The highest BCUT2D eigenvalue weighted by Crippen LogP contribution is 2.23. The normalized spacial score (nSPS) is 16.0. The third kappa shape index (κ3) is 2.64. The van der Waals surface area contributed by atoms with E-state index < -0.39 is 11.6 Å². The fourth-order valence-electron chi connectivity index (χ4n) is 2.65. The fourth-order valence-corrected chi connectivity index (χ4v) is 3.33. The van der Waals surface area contributed by atoms with Crippen LogP contribution in [0, 0.1) is 0 Å². The SMILES string of the molecule is C[C@@H](C(=O)N1CCCC1)n1nc(-c2cccs2)cc(N)c1=O. The average molecular weight is 318 g/mol. The number of rotatable bonds is 3. The Bertz CT molecular complexity index is 732. The summed E-state index contributed by atoms with van der Waals surface area (Å²) in [7, 11) is 0. The molecule has 3 rings (SSSR count). The summed E-state index contributed by atoms with van der Waals surface area (Å²) < 4.78 is 1.21. The number of thiophene rings is 1. The van der Waals surface area contributed by atoms with Crippen LogP contribution in [0.3, 0.4) is 0 Å². The molecule has 1 atom stereocenters.